The van der Waals surface area contributed by atoms with Crippen molar-refractivity contribution >= 4 is 11.4 Å². The number of para-hydroxylation sites is 1. The van der Waals surface area contributed by atoms with Crippen molar-refractivity contribution in [3.8, 4) is 11.5 Å². The predicted octanol–water partition coefficient (Wildman–Crippen LogP) is 4.25. The van der Waals surface area contributed by atoms with Crippen molar-refractivity contribution in [3.05, 3.63) is 57.6 Å². The molecule has 1 fully saturated rings. The molecule has 142 valence electrons. The van der Waals surface area contributed by atoms with Gasteiger partial charge in [-0.3, -0.25) is 10.1 Å². The minimum absolute atomic E-state index is 0.0330. The molecule has 0 saturated carbocycles. The Morgan fingerprint density at radius 3 is 2.78 bits per heavy atom. The highest BCUT2D eigenvalue weighted by Crippen LogP contribution is 2.52. The minimum atomic E-state index is -0.366. The lowest BCUT2D eigenvalue weighted by Crippen LogP contribution is -2.36. The van der Waals surface area contributed by atoms with Crippen molar-refractivity contribution in [3.63, 3.8) is 0 Å². The molecule has 0 aliphatic carbocycles. The Bertz CT molecular complexity index is 869. The molecular weight excluding hydrogens is 348 g/mol. The van der Waals surface area contributed by atoms with E-state index in [4.69, 9.17) is 14.2 Å². The van der Waals surface area contributed by atoms with Crippen LogP contribution in [0, 0.1) is 16.0 Å². The minimum Gasteiger partial charge on any atom is -0.493 e. The van der Waals surface area contributed by atoms with Gasteiger partial charge in [0.1, 0.15) is 0 Å². The fraction of sp³-hybridized carbons (Fsp3) is 0.400. The Hall–Kier alpha value is -2.80. The normalized spacial score (nSPS) is 23.6. The van der Waals surface area contributed by atoms with E-state index >= 15 is 0 Å². The van der Waals surface area contributed by atoms with Gasteiger partial charge in [0.25, 0.3) is 5.69 Å². The number of ether oxygens (including phenoxy) is 3. The van der Waals surface area contributed by atoms with E-state index < -0.39 is 0 Å². The molecule has 2 aromatic carbocycles. The van der Waals surface area contributed by atoms with Crippen LogP contribution in [0.5, 0.6) is 11.5 Å². The molecule has 2 heterocycles. The second kappa shape index (κ2) is 7.08. The lowest BCUT2D eigenvalue weighted by atomic mass is 9.77. The van der Waals surface area contributed by atoms with E-state index in [1.54, 1.807) is 26.4 Å². The molecule has 4 rings (SSSR count). The zero-order valence-corrected chi connectivity index (χ0v) is 15.3. The number of nitrogens with zero attached hydrogens (tertiary/aromatic N) is 1. The van der Waals surface area contributed by atoms with Crippen LogP contribution in [0.25, 0.3) is 0 Å². The molecule has 1 saturated heterocycles. The van der Waals surface area contributed by atoms with Crippen LogP contribution in [0.15, 0.2) is 36.4 Å². The number of nitro groups is 1. The molecule has 2 aromatic rings. The quantitative estimate of drug-likeness (QED) is 0.640. The van der Waals surface area contributed by atoms with E-state index in [1.165, 1.54) is 6.07 Å². The van der Waals surface area contributed by atoms with Crippen LogP contribution in [0.3, 0.4) is 0 Å². The van der Waals surface area contributed by atoms with Crippen LogP contribution in [0.2, 0.25) is 0 Å². The smallest absolute Gasteiger partial charge is 0.269 e. The highest BCUT2D eigenvalue weighted by Gasteiger charge is 2.41. The topological polar surface area (TPSA) is 82.9 Å². The number of fused-ring (bicyclic) bond motifs is 3. The number of nitro benzene ring substituents is 1. The summed E-state index contributed by atoms with van der Waals surface area (Å²) in [6, 6.07) is 10.7. The maximum absolute atomic E-state index is 11.2. The fourth-order valence-electron chi connectivity index (χ4n) is 4.24. The summed E-state index contributed by atoms with van der Waals surface area (Å²) in [5, 5.41) is 14.8. The lowest BCUT2D eigenvalue weighted by Gasteiger charge is -2.43. The summed E-state index contributed by atoms with van der Waals surface area (Å²) in [7, 11) is 3.26. The molecule has 2 aliphatic rings. The molecule has 0 aromatic heterocycles. The lowest BCUT2D eigenvalue weighted by molar-refractivity contribution is -0.385. The molecule has 2 aliphatic heterocycles. The van der Waals surface area contributed by atoms with Gasteiger partial charge >= 0.3 is 0 Å². The second-order valence-corrected chi connectivity index (χ2v) is 6.83. The largest absolute Gasteiger partial charge is 0.493 e. The first-order valence-corrected chi connectivity index (χ1v) is 9.01. The Kier molecular flexibility index (Phi) is 4.61. The highest BCUT2D eigenvalue weighted by molar-refractivity contribution is 5.62. The number of non-ortho nitro benzene ring substituents is 1. The van der Waals surface area contributed by atoms with Crippen molar-refractivity contribution < 1.29 is 19.1 Å². The van der Waals surface area contributed by atoms with Crippen molar-refractivity contribution in [2.45, 2.75) is 25.0 Å². The molecular formula is C20H22N2O5. The zero-order chi connectivity index (χ0) is 19.0. The summed E-state index contributed by atoms with van der Waals surface area (Å²) >= 11 is 0. The van der Waals surface area contributed by atoms with Crippen molar-refractivity contribution in [1.82, 2.24) is 0 Å². The van der Waals surface area contributed by atoms with Gasteiger partial charge < -0.3 is 19.5 Å². The standard InChI is InChI=1S/C20H22N2O5/c1-25-17-7-3-5-14(20(17)26-2)18-13-6-4-10-27-19(13)15-11-12(22(23)24)8-9-16(15)21-18/h3,5,7-9,11,13,18-19,21H,4,6,10H2,1-2H3/t13-,18-,19-/m1/s1. The van der Waals surface area contributed by atoms with Crippen LogP contribution in [-0.4, -0.2) is 25.7 Å². The van der Waals surface area contributed by atoms with Gasteiger partial charge in [-0.25, -0.2) is 0 Å². The first-order valence-electron chi connectivity index (χ1n) is 9.01. The fourth-order valence-corrected chi connectivity index (χ4v) is 4.24. The average Bonchev–Trinajstić information content (AvgIpc) is 2.72. The summed E-state index contributed by atoms with van der Waals surface area (Å²) in [6.45, 7) is 0.658. The Balaban J connectivity index is 1.81. The molecule has 0 radical (unpaired) electrons. The van der Waals surface area contributed by atoms with Crippen molar-refractivity contribution in [1.29, 1.82) is 0 Å². The van der Waals surface area contributed by atoms with Gasteiger partial charge in [0, 0.05) is 41.5 Å². The van der Waals surface area contributed by atoms with Crippen molar-refractivity contribution in [2.75, 3.05) is 26.1 Å². The van der Waals surface area contributed by atoms with Gasteiger partial charge in [-0.15, -0.1) is 0 Å². The predicted molar refractivity (Wildman–Crippen MR) is 100 cm³/mol. The number of rotatable bonds is 4. The molecule has 3 atom stereocenters. The van der Waals surface area contributed by atoms with E-state index in [1.807, 2.05) is 18.2 Å². The highest BCUT2D eigenvalue weighted by atomic mass is 16.6. The Labute approximate surface area is 157 Å². The summed E-state index contributed by atoms with van der Waals surface area (Å²) in [5.41, 5.74) is 2.80. The molecule has 1 N–H and O–H groups in total. The van der Waals surface area contributed by atoms with Crippen LogP contribution in [0.1, 0.15) is 36.1 Å². The Morgan fingerprint density at radius 2 is 2.04 bits per heavy atom. The van der Waals surface area contributed by atoms with E-state index in [0.29, 0.717) is 18.1 Å². The van der Waals surface area contributed by atoms with E-state index in [-0.39, 0.29) is 28.7 Å². The number of benzene rings is 2. The van der Waals surface area contributed by atoms with Gasteiger partial charge in [-0.1, -0.05) is 12.1 Å². The summed E-state index contributed by atoms with van der Waals surface area (Å²) in [6.07, 6.45) is 1.73. The summed E-state index contributed by atoms with van der Waals surface area (Å²) < 4.78 is 17.2. The monoisotopic (exact) mass is 370 g/mol. The van der Waals surface area contributed by atoms with Crippen molar-refractivity contribution in [2.24, 2.45) is 5.92 Å². The number of hydrogen-bond acceptors (Lipinski definition) is 6. The van der Waals surface area contributed by atoms with Crippen LogP contribution in [0.4, 0.5) is 11.4 Å². The van der Waals surface area contributed by atoms with Gasteiger partial charge in [0.2, 0.25) is 0 Å². The number of hydrogen-bond donors (Lipinski definition) is 1. The first-order chi connectivity index (χ1) is 13.1. The Morgan fingerprint density at radius 1 is 1.19 bits per heavy atom. The number of methoxy groups -OCH3 is 2. The third kappa shape index (κ3) is 2.98. The molecule has 7 nitrogen and oxygen atoms in total. The third-order valence-corrected chi connectivity index (χ3v) is 5.43. The van der Waals surface area contributed by atoms with Gasteiger partial charge in [0.05, 0.1) is 31.3 Å². The van der Waals surface area contributed by atoms with E-state index in [2.05, 4.69) is 5.32 Å². The van der Waals surface area contributed by atoms with Crippen LogP contribution in [-0.2, 0) is 4.74 Å². The molecule has 0 unspecified atom stereocenters. The second-order valence-electron chi connectivity index (χ2n) is 6.83. The summed E-state index contributed by atoms with van der Waals surface area (Å²) in [4.78, 5) is 10.8. The van der Waals surface area contributed by atoms with Crippen LogP contribution >= 0.6 is 0 Å². The molecule has 0 amide bonds. The molecule has 27 heavy (non-hydrogen) atoms. The van der Waals surface area contributed by atoms with Gasteiger partial charge in [-0.05, 0) is 25.0 Å². The third-order valence-electron chi connectivity index (χ3n) is 5.43. The maximum atomic E-state index is 11.2. The van der Waals surface area contributed by atoms with Gasteiger partial charge in [0.15, 0.2) is 11.5 Å². The molecule has 0 bridgehead atoms. The average molecular weight is 370 g/mol. The van der Waals surface area contributed by atoms with Crippen LogP contribution < -0.4 is 14.8 Å². The maximum Gasteiger partial charge on any atom is 0.269 e. The van der Waals surface area contributed by atoms with Gasteiger partial charge in [-0.2, -0.15) is 0 Å². The number of anilines is 1. The zero-order valence-electron chi connectivity index (χ0n) is 15.3. The first kappa shape index (κ1) is 17.6. The van der Waals surface area contributed by atoms with E-state index in [9.17, 15) is 10.1 Å². The molecule has 0 spiro atoms. The number of nitrogens with one attached hydrogen (secondary N) is 1. The van der Waals surface area contributed by atoms with E-state index in [0.717, 1.165) is 29.7 Å². The molecule has 7 heteroatoms. The summed E-state index contributed by atoms with van der Waals surface area (Å²) in [5.74, 6) is 1.53. The SMILES string of the molecule is COc1cccc([C@@H]2Nc3ccc([N+](=O)[O-])cc3[C@@H]3OCCC[C@H]23)c1OC.